The lowest BCUT2D eigenvalue weighted by Crippen LogP contribution is -2.33. The molecular weight excluding hydrogens is 510 g/mol. The van der Waals surface area contributed by atoms with Gasteiger partial charge in [0.25, 0.3) is 11.7 Å². The second-order valence-electron chi connectivity index (χ2n) is 8.62. The number of rotatable bonds is 9. The van der Waals surface area contributed by atoms with E-state index in [0.29, 0.717) is 22.8 Å². The highest BCUT2D eigenvalue weighted by atomic mass is 35.5. The molecule has 1 amide bonds. The fraction of sp³-hybridized carbons (Fsp3) is 0.241. The van der Waals surface area contributed by atoms with Crippen molar-refractivity contribution in [2.75, 3.05) is 34.5 Å². The molecule has 4 rings (SSSR count). The van der Waals surface area contributed by atoms with Gasteiger partial charge in [0.05, 0.1) is 50.1 Å². The summed E-state index contributed by atoms with van der Waals surface area (Å²) in [5, 5.41) is 11.7. The van der Waals surface area contributed by atoms with Crippen LogP contribution in [0.25, 0.3) is 5.76 Å². The number of likely N-dealkylation sites (tertiary alicyclic amines) is 1. The molecular formula is C29H28ClNO7. The maximum atomic E-state index is 13.3. The first kappa shape index (κ1) is 26.9. The number of aliphatic hydroxyl groups excluding tert-OH is 1. The molecule has 1 N–H and O–H groups in total. The van der Waals surface area contributed by atoms with Crippen LogP contribution in [0.15, 0.2) is 66.2 Å². The highest BCUT2D eigenvalue weighted by molar-refractivity contribution is 6.46. The third-order valence-electron chi connectivity index (χ3n) is 6.28. The van der Waals surface area contributed by atoms with Crippen molar-refractivity contribution >= 4 is 29.1 Å². The number of benzene rings is 3. The van der Waals surface area contributed by atoms with Crippen LogP contribution in [0, 0.1) is 6.92 Å². The topological polar surface area (TPSA) is 94.5 Å². The minimum atomic E-state index is -0.871. The molecule has 0 aliphatic carbocycles. The van der Waals surface area contributed by atoms with Gasteiger partial charge in [-0.1, -0.05) is 23.7 Å². The molecule has 1 atom stereocenters. The van der Waals surface area contributed by atoms with Gasteiger partial charge in [0.1, 0.15) is 35.4 Å². The van der Waals surface area contributed by atoms with E-state index in [2.05, 4.69) is 0 Å². The fourth-order valence-corrected chi connectivity index (χ4v) is 4.79. The largest absolute Gasteiger partial charge is 0.507 e. The normalized spacial score (nSPS) is 16.4. The summed E-state index contributed by atoms with van der Waals surface area (Å²) in [6, 6.07) is 16.5. The molecule has 3 aromatic rings. The highest BCUT2D eigenvalue weighted by Crippen LogP contribution is 2.42. The number of carbonyl (C=O) groups excluding carboxylic acids is 2. The Kier molecular flexibility index (Phi) is 8.12. The van der Waals surface area contributed by atoms with Crippen molar-refractivity contribution in [3.63, 3.8) is 0 Å². The van der Waals surface area contributed by atoms with E-state index in [-0.39, 0.29) is 40.8 Å². The van der Waals surface area contributed by atoms with Crippen molar-refractivity contribution in [3.05, 3.63) is 87.9 Å². The molecule has 0 radical (unpaired) electrons. The van der Waals surface area contributed by atoms with Crippen LogP contribution >= 0.6 is 11.6 Å². The smallest absolute Gasteiger partial charge is 0.295 e. The molecule has 0 bridgehead atoms. The summed E-state index contributed by atoms with van der Waals surface area (Å²) >= 11 is 6.35. The van der Waals surface area contributed by atoms with E-state index in [9.17, 15) is 14.7 Å². The number of methoxy groups -OCH3 is 3. The molecule has 8 nitrogen and oxygen atoms in total. The van der Waals surface area contributed by atoms with Crippen molar-refractivity contribution < 1.29 is 33.6 Å². The Hall–Kier alpha value is -4.17. The number of carbonyl (C=O) groups is 2. The zero-order chi connectivity index (χ0) is 27.4. The van der Waals surface area contributed by atoms with Crippen LogP contribution < -0.4 is 18.9 Å². The minimum absolute atomic E-state index is 0.0652. The van der Waals surface area contributed by atoms with Crippen molar-refractivity contribution in [1.82, 2.24) is 4.90 Å². The van der Waals surface area contributed by atoms with Crippen LogP contribution in [0.5, 0.6) is 23.0 Å². The van der Waals surface area contributed by atoms with Crippen molar-refractivity contribution in [1.29, 1.82) is 0 Å². The Morgan fingerprint density at radius 3 is 2.05 bits per heavy atom. The summed E-state index contributed by atoms with van der Waals surface area (Å²) in [6.07, 6.45) is 0. The first-order valence-electron chi connectivity index (χ1n) is 11.8. The number of Topliss-reactive ketones (excluding diaryl/α,β-unsaturated/α-hetero) is 1. The Labute approximate surface area is 225 Å². The quantitative estimate of drug-likeness (QED) is 0.228. The van der Waals surface area contributed by atoms with E-state index in [0.717, 1.165) is 5.56 Å². The van der Waals surface area contributed by atoms with Gasteiger partial charge in [-0.15, -0.1) is 0 Å². The maximum absolute atomic E-state index is 13.3. The maximum Gasteiger partial charge on any atom is 0.295 e. The molecule has 3 aromatic carbocycles. The number of amides is 1. The van der Waals surface area contributed by atoms with E-state index in [1.165, 1.54) is 12.0 Å². The van der Waals surface area contributed by atoms with Crippen molar-refractivity contribution in [2.45, 2.75) is 13.0 Å². The zero-order valence-electron chi connectivity index (χ0n) is 21.5. The summed E-state index contributed by atoms with van der Waals surface area (Å²) in [6.45, 7) is 2.01. The second-order valence-corrected chi connectivity index (χ2v) is 9.02. The van der Waals surface area contributed by atoms with Crippen LogP contribution in [0.4, 0.5) is 0 Å². The zero-order valence-corrected chi connectivity index (χ0v) is 22.2. The first-order chi connectivity index (χ1) is 18.3. The molecule has 0 spiro atoms. The SMILES string of the molecule is COc1ccc(OCCN2C(=O)C(=O)/C(=C(/O)c3cc(C)cc(Cl)c3OC)C2c2ccc(OC)cc2)cc1. The summed E-state index contributed by atoms with van der Waals surface area (Å²) in [7, 11) is 4.54. The number of aryl methyl sites for hydroxylation is 1. The molecule has 0 aromatic heterocycles. The summed E-state index contributed by atoms with van der Waals surface area (Å²) in [4.78, 5) is 28.0. The van der Waals surface area contributed by atoms with Gasteiger partial charge in [0, 0.05) is 0 Å². The lowest BCUT2D eigenvalue weighted by atomic mass is 9.94. The monoisotopic (exact) mass is 537 g/mol. The molecule has 0 saturated carbocycles. The van der Waals surface area contributed by atoms with Gasteiger partial charge in [-0.25, -0.2) is 0 Å². The van der Waals surface area contributed by atoms with Gasteiger partial charge >= 0.3 is 0 Å². The Bertz CT molecular complexity index is 1370. The minimum Gasteiger partial charge on any atom is -0.507 e. The average Bonchev–Trinajstić information content (AvgIpc) is 3.17. The molecule has 1 fully saturated rings. The number of aliphatic hydroxyl groups is 1. The first-order valence-corrected chi connectivity index (χ1v) is 12.2. The van der Waals surface area contributed by atoms with Crippen LogP contribution in [-0.2, 0) is 9.59 Å². The van der Waals surface area contributed by atoms with Crippen LogP contribution in [0.3, 0.4) is 0 Å². The average molecular weight is 538 g/mol. The number of ketones is 1. The van der Waals surface area contributed by atoms with Crippen LogP contribution in [0.2, 0.25) is 5.02 Å². The standard InChI is InChI=1S/C29H28ClNO7/c1-17-15-22(28(37-4)23(30)16-17)26(32)24-25(18-5-7-19(35-2)8-6-18)31(29(34)27(24)33)13-14-38-21-11-9-20(36-3)10-12-21/h5-12,15-16,25,32H,13-14H2,1-4H3/b26-24+. The van der Waals surface area contributed by atoms with E-state index < -0.39 is 17.7 Å². The molecule has 9 heteroatoms. The Morgan fingerprint density at radius 2 is 1.47 bits per heavy atom. The Balaban J connectivity index is 1.74. The molecule has 1 unspecified atom stereocenters. The van der Waals surface area contributed by atoms with Crippen molar-refractivity contribution in [2.24, 2.45) is 0 Å². The lowest BCUT2D eigenvalue weighted by molar-refractivity contribution is -0.140. The predicted octanol–water partition coefficient (Wildman–Crippen LogP) is 5.17. The number of nitrogens with zero attached hydrogens (tertiary/aromatic N) is 1. The highest BCUT2D eigenvalue weighted by Gasteiger charge is 2.46. The van der Waals surface area contributed by atoms with Gasteiger partial charge in [-0.3, -0.25) is 9.59 Å². The number of hydrogen-bond donors (Lipinski definition) is 1. The number of ether oxygens (including phenoxy) is 4. The van der Waals surface area contributed by atoms with E-state index in [1.54, 1.807) is 81.8 Å². The van der Waals surface area contributed by atoms with Gasteiger partial charge in [0.15, 0.2) is 0 Å². The molecule has 1 saturated heterocycles. The summed E-state index contributed by atoms with van der Waals surface area (Å²) in [5.41, 5.74) is 1.53. The van der Waals surface area contributed by atoms with Crippen molar-refractivity contribution in [3.8, 4) is 23.0 Å². The fourth-order valence-electron chi connectivity index (χ4n) is 4.43. The van der Waals surface area contributed by atoms with Gasteiger partial charge in [-0.05, 0) is 66.6 Å². The third kappa shape index (κ3) is 5.26. The van der Waals surface area contributed by atoms with Gasteiger partial charge < -0.3 is 29.0 Å². The third-order valence-corrected chi connectivity index (χ3v) is 6.56. The van der Waals surface area contributed by atoms with E-state index >= 15 is 0 Å². The van der Waals surface area contributed by atoms with Crippen LogP contribution in [-0.4, -0.2) is 56.2 Å². The number of hydrogen-bond acceptors (Lipinski definition) is 7. The summed E-state index contributed by atoms with van der Waals surface area (Å²) in [5.74, 6) is 0.163. The molecule has 38 heavy (non-hydrogen) atoms. The molecule has 1 aliphatic heterocycles. The summed E-state index contributed by atoms with van der Waals surface area (Å²) < 4.78 is 21.7. The molecule has 1 aliphatic rings. The van der Waals surface area contributed by atoms with Gasteiger partial charge in [-0.2, -0.15) is 0 Å². The molecule has 198 valence electrons. The van der Waals surface area contributed by atoms with Gasteiger partial charge in [0.2, 0.25) is 0 Å². The second kappa shape index (κ2) is 11.5. The Morgan fingerprint density at radius 1 is 0.895 bits per heavy atom. The lowest BCUT2D eigenvalue weighted by Gasteiger charge is -2.25. The predicted molar refractivity (Wildman–Crippen MR) is 143 cm³/mol. The van der Waals surface area contributed by atoms with Crippen LogP contribution in [0.1, 0.15) is 22.7 Å². The van der Waals surface area contributed by atoms with E-state index in [1.807, 2.05) is 0 Å². The molecule has 1 heterocycles. The number of halogens is 1. The van der Waals surface area contributed by atoms with E-state index in [4.69, 9.17) is 30.5 Å².